The van der Waals surface area contributed by atoms with Gasteiger partial charge in [-0.2, -0.15) is 0 Å². The zero-order valence-electron chi connectivity index (χ0n) is 15.1. The molecular weight excluding hydrogens is 336 g/mol. The third-order valence-corrected chi connectivity index (χ3v) is 6.06. The quantitative estimate of drug-likeness (QED) is 0.759. The largest absolute Gasteiger partial charge is 0.489 e. The van der Waals surface area contributed by atoms with Gasteiger partial charge in [0.25, 0.3) is 0 Å². The van der Waals surface area contributed by atoms with Crippen molar-refractivity contribution in [1.29, 1.82) is 0 Å². The molecule has 0 bridgehead atoms. The van der Waals surface area contributed by atoms with Crippen molar-refractivity contribution in [2.24, 2.45) is 0 Å². The Morgan fingerprint density at radius 3 is 2.32 bits per heavy atom. The zero-order chi connectivity index (χ0) is 18.2. The summed E-state index contributed by atoms with van der Waals surface area (Å²) in [5.74, 6) is 0.385. The van der Waals surface area contributed by atoms with Crippen molar-refractivity contribution < 1.29 is 17.9 Å². The second kappa shape index (κ2) is 6.46. The molecule has 1 aliphatic heterocycles. The average molecular weight is 360 g/mol. The average Bonchev–Trinajstić information content (AvgIpc) is 3.36. The Morgan fingerprint density at radius 1 is 1.12 bits per heavy atom. The van der Waals surface area contributed by atoms with Crippen LogP contribution in [0.3, 0.4) is 0 Å². The summed E-state index contributed by atoms with van der Waals surface area (Å²) in [6, 6.07) is 12.3. The first kappa shape index (κ1) is 18.0. The van der Waals surface area contributed by atoms with E-state index in [0.29, 0.717) is 19.0 Å². The van der Waals surface area contributed by atoms with E-state index in [1.165, 1.54) is 0 Å². The van der Waals surface area contributed by atoms with Crippen LogP contribution in [-0.4, -0.2) is 27.7 Å². The summed E-state index contributed by atoms with van der Waals surface area (Å²) in [5.41, 5.74) is 2.02. The monoisotopic (exact) mass is 360 g/mol. The lowest BCUT2D eigenvalue weighted by Crippen LogP contribution is -2.12. The fourth-order valence-corrected chi connectivity index (χ4v) is 3.94. The van der Waals surface area contributed by atoms with Crippen LogP contribution < -0.4 is 4.74 Å². The highest BCUT2D eigenvalue weighted by molar-refractivity contribution is 7.91. The van der Waals surface area contributed by atoms with Crippen molar-refractivity contribution in [2.75, 3.05) is 13.2 Å². The van der Waals surface area contributed by atoms with Crippen LogP contribution >= 0.6 is 0 Å². The van der Waals surface area contributed by atoms with E-state index >= 15 is 0 Å². The Balaban J connectivity index is 1.96. The molecule has 5 heteroatoms. The second-order valence-electron chi connectivity index (χ2n) is 7.49. The minimum absolute atomic E-state index is 0.0231. The fourth-order valence-electron chi connectivity index (χ4n) is 2.56. The molecule has 2 aromatic rings. The van der Waals surface area contributed by atoms with Gasteiger partial charge < -0.3 is 9.47 Å². The van der Waals surface area contributed by atoms with E-state index in [2.05, 4.69) is 20.8 Å². The number of rotatable bonds is 5. The minimum atomic E-state index is -3.64. The summed E-state index contributed by atoms with van der Waals surface area (Å²) in [7, 11) is -3.64. The van der Waals surface area contributed by atoms with E-state index in [1.807, 2.05) is 19.1 Å². The molecule has 0 radical (unpaired) electrons. The highest BCUT2D eigenvalue weighted by Gasteiger charge is 2.27. The number of hydrogen-bond acceptors (Lipinski definition) is 4. The molecule has 1 aliphatic rings. The predicted molar refractivity (Wildman–Crippen MR) is 97.0 cm³/mol. The molecule has 0 amide bonds. The lowest BCUT2D eigenvalue weighted by atomic mass is 9.87. The van der Waals surface area contributed by atoms with Crippen molar-refractivity contribution in [3.63, 3.8) is 0 Å². The summed E-state index contributed by atoms with van der Waals surface area (Å²) in [4.78, 5) is 0.471. The van der Waals surface area contributed by atoms with Crippen LogP contribution in [-0.2, 0) is 20.0 Å². The molecule has 0 N–H and O–H groups in total. The van der Waals surface area contributed by atoms with Gasteiger partial charge in [-0.15, -0.1) is 0 Å². The number of hydrogen-bond donors (Lipinski definition) is 0. The maximum absolute atomic E-state index is 13.1. The van der Waals surface area contributed by atoms with Gasteiger partial charge >= 0.3 is 0 Å². The van der Waals surface area contributed by atoms with Gasteiger partial charge in [-0.05, 0) is 47.7 Å². The molecule has 0 spiro atoms. The molecule has 4 nitrogen and oxygen atoms in total. The van der Waals surface area contributed by atoms with Gasteiger partial charge in [0.1, 0.15) is 23.4 Å². The highest BCUT2D eigenvalue weighted by Crippen LogP contribution is 2.32. The molecule has 1 atom stereocenters. The van der Waals surface area contributed by atoms with Crippen LogP contribution in [0.2, 0.25) is 0 Å². The summed E-state index contributed by atoms with van der Waals surface area (Å²) in [6.45, 7) is 9.25. The van der Waals surface area contributed by atoms with Gasteiger partial charge in [0.2, 0.25) is 9.84 Å². The van der Waals surface area contributed by atoms with Crippen molar-refractivity contribution in [1.82, 2.24) is 0 Å². The van der Waals surface area contributed by atoms with Crippen LogP contribution in [0, 0.1) is 6.92 Å². The standard InChI is InChI=1S/C20H24O4S/c1-14-5-10-19(18(11-14)24-13-16-12-23-16)25(21,22)17-8-6-15(7-9-17)20(2,3)4/h5-11,16H,12-13H2,1-4H3. The summed E-state index contributed by atoms with van der Waals surface area (Å²) in [5, 5.41) is 0. The Kier molecular flexibility index (Phi) is 4.64. The molecule has 1 unspecified atom stereocenters. The molecular formula is C20H24O4S. The Hall–Kier alpha value is -1.85. The Bertz CT molecular complexity index is 858. The summed E-state index contributed by atoms with van der Waals surface area (Å²) >= 11 is 0. The molecule has 0 aliphatic carbocycles. The maximum Gasteiger partial charge on any atom is 0.210 e. The summed E-state index contributed by atoms with van der Waals surface area (Å²) in [6.07, 6.45) is 0.0714. The molecule has 1 heterocycles. The first-order valence-electron chi connectivity index (χ1n) is 8.38. The third-order valence-electron chi connectivity index (χ3n) is 4.25. The van der Waals surface area contributed by atoms with Crippen LogP contribution in [0.1, 0.15) is 31.9 Å². The van der Waals surface area contributed by atoms with E-state index in [4.69, 9.17) is 9.47 Å². The topological polar surface area (TPSA) is 55.9 Å². The van der Waals surface area contributed by atoms with Crippen molar-refractivity contribution >= 4 is 9.84 Å². The lowest BCUT2D eigenvalue weighted by Gasteiger charge is -2.19. The predicted octanol–water partition coefficient (Wildman–Crippen LogP) is 3.90. The number of epoxide rings is 1. The molecule has 2 aromatic carbocycles. The van der Waals surface area contributed by atoms with Gasteiger partial charge in [-0.25, -0.2) is 8.42 Å². The van der Waals surface area contributed by atoms with E-state index in [9.17, 15) is 8.42 Å². The van der Waals surface area contributed by atoms with Gasteiger partial charge in [0.05, 0.1) is 11.5 Å². The Morgan fingerprint density at radius 2 is 1.76 bits per heavy atom. The van der Waals surface area contributed by atoms with E-state index in [0.717, 1.165) is 11.1 Å². The number of benzene rings is 2. The Labute approximate surface area is 149 Å². The smallest absolute Gasteiger partial charge is 0.210 e. The number of aryl methyl sites for hydroxylation is 1. The first-order valence-corrected chi connectivity index (χ1v) is 9.87. The van der Waals surface area contributed by atoms with Crippen LogP contribution in [0.4, 0.5) is 0 Å². The highest BCUT2D eigenvalue weighted by atomic mass is 32.2. The van der Waals surface area contributed by atoms with Crippen molar-refractivity contribution in [3.8, 4) is 5.75 Å². The van der Waals surface area contributed by atoms with Crippen LogP contribution in [0.25, 0.3) is 0 Å². The maximum atomic E-state index is 13.1. The summed E-state index contributed by atoms with van der Waals surface area (Å²) < 4.78 is 37.0. The molecule has 3 rings (SSSR count). The molecule has 25 heavy (non-hydrogen) atoms. The first-order chi connectivity index (χ1) is 11.7. The van der Waals surface area contributed by atoms with Gasteiger partial charge in [0, 0.05) is 0 Å². The third kappa shape index (κ3) is 4.05. The second-order valence-corrected chi connectivity index (χ2v) is 9.41. The van der Waals surface area contributed by atoms with Crippen LogP contribution in [0.15, 0.2) is 52.3 Å². The molecule has 134 valence electrons. The van der Waals surface area contributed by atoms with E-state index in [1.54, 1.807) is 30.3 Å². The normalized spacial score (nSPS) is 17.4. The molecule has 0 saturated carbocycles. The fraction of sp³-hybridized carbons (Fsp3) is 0.400. The SMILES string of the molecule is Cc1ccc(S(=O)(=O)c2ccc(C(C)(C)C)cc2)c(OCC2CO2)c1. The molecule has 0 aromatic heterocycles. The van der Waals surface area contributed by atoms with E-state index in [-0.39, 0.29) is 21.3 Å². The molecule has 1 saturated heterocycles. The number of sulfone groups is 1. The van der Waals surface area contributed by atoms with Gasteiger partial charge in [0.15, 0.2) is 0 Å². The van der Waals surface area contributed by atoms with Gasteiger partial charge in [-0.3, -0.25) is 0 Å². The number of ether oxygens (including phenoxy) is 2. The van der Waals surface area contributed by atoms with Crippen molar-refractivity contribution in [3.05, 3.63) is 53.6 Å². The zero-order valence-corrected chi connectivity index (χ0v) is 15.9. The minimum Gasteiger partial charge on any atom is -0.489 e. The van der Waals surface area contributed by atoms with E-state index < -0.39 is 9.84 Å². The van der Waals surface area contributed by atoms with Crippen molar-refractivity contribution in [2.45, 2.75) is 49.0 Å². The van der Waals surface area contributed by atoms with Gasteiger partial charge in [-0.1, -0.05) is 39.0 Å². The lowest BCUT2D eigenvalue weighted by molar-refractivity contribution is 0.258. The van der Waals surface area contributed by atoms with Crippen LogP contribution in [0.5, 0.6) is 5.75 Å². The molecule has 1 fully saturated rings.